The monoisotopic (exact) mass is 306 g/mol. The van der Waals surface area contributed by atoms with Gasteiger partial charge in [-0.25, -0.2) is 0 Å². The zero-order valence-electron chi connectivity index (χ0n) is 12.8. The summed E-state index contributed by atoms with van der Waals surface area (Å²) in [4.78, 5) is 5.32. The van der Waals surface area contributed by atoms with Crippen LogP contribution in [0.25, 0.3) is 0 Å². The predicted octanol–water partition coefficient (Wildman–Crippen LogP) is 2.97. The predicted molar refractivity (Wildman–Crippen MR) is 86.7 cm³/mol. The van der Waals surface area contributed by atoms with Crippen molar-refractivity contribution in [1.29, 1.82) is 0 Å². The van der Waals surface area contributed by atoms with Gasteiger partial charge < -0.3 is 9.64 Å². The highest BCUT2D eigenvalue weighted by atomic mass is 32.1. The van der Waals surface area contributed by atoms with E-state index in [1.165, 1.54) is 57.3 Å². The lowest BCUT2D eigenvalue weighted by Gasteiger charge is -2.41. The van der Waals surface area contributed by atoms with E-state index in [9.17, 15) is 0 Å². The molecule has 0 aliphatic carbocycles. The topological polar surface area (TPSA) is 15.7 Å². The van der Waals surface area contributed by atoms with Crippen molar-refractivity contribution in [2.24, 2.45) is 0 Å². The third-order valence-electron chi connectivity index (χ3n) is 5.51. The lowest BCUT2D eigenvalue weighted by Crippen LogP contribution is -2.49. The molecule has 1 aromatic rings. The molecular formula is C17H26N2OS. The van der Waals surface area contributed by atoms with Crippen LogP contribution >= 0.6 is 11.3 Å². The minimum atomic E-state index is 0.154. The summed E-state index contributed by atoms with van der Waals surface area (Å²) >= 11 is 1.80. The highest BCUT2D eigenvalue weighted by molar-refractivity contribution is 7.07. The molecule has 3 aliphatic heterocycles. The van der Waals surface area contributed by atoms with E-state index in [4.69, 9.17) is 4.74 Å². The number of likely N-dealkylation sites (tertiary alicyclic amines) is 2. The van der Waals surface area contributed by atoms with Crippen LogP contribution < -0.4 is 0 Å². The molecule has 0 aromatic carbocycles. The lowest BCUT2D eigenvalue weighted by atomic mass is 9.89. The first-order chi connectivity index (χ1) is 10.3. The summed E-state index contributed by atoms with van der Waals surface area (Å²) in [5.74, 6) is 0. The van der Waals surface area contributed by atoms with E-state index >= 15 is 0 Å². The van der Waals surface area contributed by atoms with Gasteiger partial charge in [-0.3, -0.25) is 4.90 Å². The summed E-state index contributed by atoms with van der Waals surface area (Å²) in [6.45, 7) is 7.03. The molecule has 4 heterocycles. The normalized spacial score (nSPS) is 35.0. The second-order valence-corrected chi connectivity index (χ2v) is 7.79. The summed E-state index contributed by atoms with van der Waals surface area (Å²) < 4.78 is 6.30. The molecule has 1 spiro atoms. The van der Waals surface area contributed by atoms with Crippen LogP contribution in [-0.4, -0.2) is 54.2 Å². The summed E-state index contributed by atoms with van der Waals surface area (Å²) in [7, 11) is 0. The Morgan fingerprint density at radius 2 is 2.19 bits per heavy atom. The molecule has 0 unspecified atom stereocenters. The average Bonchev–Trinajstić information content (AvgIpc) is 3.22. The van der Waals surface area contributed by atoms with Crippen molar-refractivity contribution in [2.75, 3.05) is 32.8 Å². The van der Waals surface area contributed by atoms with Crippen LogP contribution in [0, 0.1) is 0 Å². The van der Waals surface area contributed by atoms with Crippen LogP contribution in [0.15, 0.2) is 16.8 Å². The molecule has 0 amide bonds. The number of nitrogens with zero attached hydrogens (tertiary/aromatic N) is 2. The Bertz CT molecular complexity index is 457. The highest BCUT2D eigenvalue weighted by Crippen LogP contribution is 2.37. The van der Waals surface area contributed by atoms with E-state index in [0.29, 0.717) is 0 Å². The van der Waals surface area contributed by atoms with Crippen molar-refractivity contribution in [3.8, 4) is 0 Å². The number of ether oxygens (including phenoxy) is 1. The van der Waals surface area contributed by atoms with E-state index in [-0.39, 0.29) is 5.60 Å². The van der Waals surface area contributed by atoms with Gasteiger partial charge in [-0.05, 0) is 67.6 Å². The Labute approximate surface area is 131 Å². The molecule has 4 heteroatoms. The largest absolute Gasteiger partial charge is 0.373 e. The Balaban J connectivity index is 1.38. The minimum absolute atomic E-state index is 0.154. The van der Waals surface area contributed by atoms with Crippen molar-refractivity contribution < 1.29 is 4.74 Å². The van der Waals surface area contributed by atoms with Crippen LogP contribution in [0.3, 0.4) is 0 Å². The third-order valence-corrected chi connectivity index (χ3v) is 6.24. The maximum absolute atomic E-state index is 6.30. The third kappa shape index (κ3) is 3.04. The van der Waals surface area contributed by atoms with Gasteiger partial charge in [0.2, 0.25) is 0 Å². The molecule has 3 aliphatic rings. The molecule has 3 nitrogen and oxygen atoms in total. The molecule has 0 N–H and O–H groups in total. The van der Waals surface area contributed by atoms with Gasteiger partial charge in [0.05, 0.1) is 5.60 Å². The lowest BCUT2D eigenvalue weighted by molar-refractivity contribution is -0.0961. The molecule has 116 valence electrons. The molecule has 3 saturated heterocycles. The van der Waals surface area contributed by atoms with Crippen molar-refractivity contribution in [3.63, 3.8) is 0 Å². The smallest absolute Gasteiger partial charge is 0.0835 e. The van der Waals surface area contributed by atoms with Crippen molar-refractivity contribution in [2.45, 2.75) is 50.3 Å². The van der Waals surface area contributed by atoms with Crippen molar-refractivity contribution in [3.05, 3.63) is 22.4 Å². The molecule has 21 heavy (non-hydrogen) atoms. The van der Waals surface area contributed by atoms with Gasteiger partial charge in [0.15, 0.2) is 0 Å². The highest BCUT2D eigenvalue weighted by Gasteiger charge is 2.44. The van der Waals surface area contributed by atoms with E-state index in [2.05, 4.69) is 26.6 Å². The standard InChI is InChI=1S/C17H26N2OS/c1-2-7-19(6-1)16-3-9-20-17(11-16)5-8-18(14-17)12-15-4-10-21-13-15/h4,10,13,16H,1-3,5-9,11-12,14H2/t16-,17-/m0/s1. The fourth-order valence-corrected chi connectivity index (χ4v) is 5.07. The van der Waals surface area contributed by atoms with Crippen molar-refractivity contribution >= 4 is 11.3 Å². The summed E-state index contributed by atoms with van der Waals surface area (Å²) in [5.41, 5.74) is 1.62. The van der Waals surface area contributed by atoms with Crippen LogP contribution in [-0.2, 0) is 11.3 Å². The quantitative estimate of drug-likeness (QED) is 0.854. The maximum Gasteiger partial charge on any atom is 0.0835 e. The number of rotatable bonds is 3. The molecule has 0 radical (unpaired) electrons. The Kier molecular flexibility index (Phi) is 4.05. The van der Waals surface area contributed by atoms with E-state index in [1.54, 1.807) is 11.3 Å². The Morgan fingerprint density at radius 3 is 3.00 bits per heavy atom. The number of hydrogen-bond acceptors (Lipinski definition) is 4. The first-order valence-corrected chi connectivity index (χ1v) is 9.39. The molecule has 4 rings (SSSR count). The Hall–Kier alpha value is -0.420. The second-order valence-electron chi connectivity index (χ2n) is 7.01. The Morgan fingerprint density at radius 1 is 1.29 bits per heavy atom. The van der Waals surface area contributed by atoms with Gasteiger partial charge in [-0.15, -0.1) is 0 Å². The molecule has 0 bridgehead atoms. The van der Waals surface area contributed by atoms with Gasteiger partial charge in [-0.2, -0.15) is 11.3 Å². The second kappa shape index (κ2) is 5.99. The summed E-state index contributed by atoms with van der Waals surface area (Å²) in [6.07, 6.45) is 6.52. The van der Waals surface area contributed by atoms with Crippen LogP contribution in [0.4, 0.5) is 0 Å². The fraction of sp³-hybridized carbons (Fsp3) is 0.765. The van der Waals surface area contributed by atoms with Gasteiger partial charge in [0.25, 0.3) is 0 Å². The first kappa shape index (κ1) is 14.2. The van der Waals surface area contributed by atoms with Crippen LogP contribution in [0.2, 0.25) is 0 Å². The summed E-state index contributed by atoms with van der Waals surface area (Å²) in [6, 6.07) is 3.03. The van der Waals surface area contributed by atoms with E-state index in [0.717, 1.165) is 25.7 Å². The molecule has 1 aromatic heterocycles. The SMILES string of the molecule is c1cc(CN2CC[C@]3(C[C@@H](N4CCCC4)CCO3)C2)cs1. The average molecular weight is 306 g/mol. The number of hydrogen-bond donors (Lipinski definition) is 0. The van der Waals surface area contributed by atoms with Gasteiger partial charge in [-0.1, -0.05) is 0 Å². The van der Waals surface area contributed by atoms with Crippen LogP contribution in [0.1, 0.15) is 37.7 Å². The van der Waals surface area contributed by atoms with Crippen molar-refractivity contribution in [1.82, 2.24) is 9.80 Å². The van der Waals surface area contributed by atoms with Gasteiger partial charge in [0, 0.05) is 32.3 Å². The molecule has 3 fully saturated rings. The van der Waals surface area contributed by atoms with Gasteiger partial charge >= 0.3 is 0 Å². The minimum Gasteiger partial charge on any atom is -0.373 e. The molecule has 2 atom stereocenters. The summed E-state index contributed by atoms with van der Waals surface area (Å²) in [5, 5.41) is 4.46. The molecule has 0 saturated carbocycles. The zero-order chi connectivity index (χ0) is 14.1. The fourth-order valence-electron chi connectivity index (χ4n) is 4.41. The molecular weight excluding hydrogens is 280 g/mol. The first-order valence-electron chi connectivity index (χ1n) is 8.44. The van der Waals surface area contributed by atoms with Gasteiger partial charge in [0.1, 0.15) is 0 Å². The van der Waals surface area contributed by atoms with E-state index < -0.39 is 0 Å². The maximum atomic E-state index is 6.30. The van der Waals surface area contributed by atoms with Crippen LogP contribution in [0.5, 0.6) is 0 Å². The van der Waals surface area contributed by atoms with E-state index in [1.807, 2.05) is 0 Å². The zero-order valence-corrected chi connectivity index (χ0v) is 13.6. The number of thiophene rings is 1.